The smallest absolute Gasteiger partial charge is 0.377 e. The third-order valence-electron chi connectivity index (χ3n) is 2.14. The van der Waals surface area contributed by atoms with Gasteiger partial charge in [0.1, 0.15) is 13.0 Å². The van der Waals surface area contributed by atoms with E-state index in [1.807, 2.05) is 0 Å². The molecule has 0 aliphatic heterocycles. The van der Waals surface area contributed by atoms with Crippen LogP contribution in [0.15, 0.2) is 0 Å². The molecule has 0 aliphatic rings. The van der Waals surface area contributed by atoms with Crippen LogP contribution in [-0.4, -0.2) is 41.7 Å². The maximum Gasteiger partial charge on any atom is 0.500 e. The molecule has 0 aromatic rings. The molecule has 0 saturated carbocycles. The molecule has 0 atom stereocenters. The Hall–Kier alpha value is -0.253. The van der Waals surface area contributed by atoms with E-state index in [4.69, 9.17) is 13.3 Å². The molecule has 0 aromatic heterocycles. The van der Waals surface area contributed by atoms with E-state index in [1.165, 1.54) is 14.2 Å². The van der Waals surface area contributed by atoms with Gasteiger partial charge in [-0.25, -0.2) is 8.78 Å². The third kappa shape index (κ3) is 6.62. The first-order valence-electron chi connectivity index (χ1n) is 5.28. The van der Waals surface area contributed by atoms with Gasteiger partial charge in [0, 0.05) is 20.3 Å². The average molecular weight is 296 g/mol. The minimum atomic E-state index is -4.94. The lowest BCUT2D eigenvalue weighted by atomic mass is 10.2. The van der Waals surface area contributed by atoms with Gasteiger partial charge in [-0.2, -0.15) is 13.2 Å². The van der Waals surface area contributed by atoms with Crippen LogP contribution in [-0.2, 0) is 13.3 Å². The van der Waals surface area contributed by atoms with Crippen molar-refractivity contribution in [2.75, 3.05) is 20.8 Å². The number of hydrogen-bond donors (Lipinski definition) is 0. The molecule has 0 saturated heterocycles. The highest BCUT2D eigenvalue weighted by atomic mass is 28.4. The van der Waals surface area contributed by atoms with E-state index >= 15 is 0 Å². The van der Waals surface area contributed by atoms with Gasteiger partial charge in [0.2, 0.25) is 0 Å². The summed E-state index contributed by atoms with van der Waals surface area (Å²) in [5.74, 6) is -3.98. The van der Waals surface area contributed by atoms with E-state index in [2.05, 4.69) is 0 Å². The van der Waals surface area contributed by atoms with Crippen molar-refractivity contribution in [3.05, 3.63) is 0 Å². The predicted octanol–water partition coefficient (Wildman–Crippen LogP) is 3.23. The Balaban J connectivity index is 4.51. The van der Waals surface area contributed by atoms with Gasteiger partial charge >= 0.3 is 15.0 Å². The summed E-state index contributed by atoms with van der Waals surface area (Å²) in [7, 11) is -0.817. The van der Waals surface area contributed by atoms with Crippen LogP contribution < -0.4 is 0 Å². The van der Waals surface area contributed by atoms with Crippen molar-refractivity contribution < 1.29 is 35.2 Å². The van der Waals surface area contributed by atoms with Crippen LogP contribution in [0.5, 0.6) is 0 Å². The quantitative estimate of drug-likeness (QED) is 0.508. The Labute approximate surface area is 104 Å². The van der Waals surface area contributed by atoms with Crippen LogP contribution in [0.4, 0.5) is 22.0 Å². The maximum atomic E-state index is 13.0. The Morgan fingerprint density at radius 1 is 1.00 bits per heavy atom. The Kier molecular flexibility index (Phi) is 6.69. The summed E-state index contributed by atoms with van der Waals surface area (Å²) in [6.45, 7) is 0.400. The zero-order valence-corrected chi connectivity index (χ0v) is 11.4. The number of alkyl halides is 5. The van der Waals surface area contributed by atoms with Crippen molar-refractivity contribution in [2.45, 2.75) is 37.9 Å². The van der Waals surface area contributed by atoms with Crippen LogP contribution in [0.2, 0.25) is 6.04 Å². The van der Waals surface area contributed by atoms with Crippen LogP contribution in [0.3, 0.4) is 0 Å². The number of halogens is 5. The van der Waals surface area contributed by atoms with Gasteiger partial charge < -0.3 is 13.3 Å². The second kappa shape index (κ2) is 6.78. The fourth-order valence-corrected chi connectivity index (χ4v) is 3.34. The lowest BCUT2D eigenvalue weighted by molar-refractivity contribution is -0.197. The molecule has 0 heterocycles. The molecule has 0 unspecified atom stereocenters. The van der Waals surface area contributed by atoms with Crippen molar-refractivity contribution in [1.82, 2.24) is 0 Å². The van der Waals surface area contributed by atoms with Crippen molar-refractivity contribution in [3.63, 3.8) is 0 Å². The van der Waals surface area contributed by atoms with Crippen molar-refractivity contribution >= 4 is 8.80 Å². The molecule has 0 aliphatic carbocycles. The van der Waals surface area contributed by atoms with E-state index in [1.54, 1.807) is 6.92 Å². The second-order valence-electron chi connectivity index (χ2n) is 3.78. The van der Waals surface area contributed by atoms with Gasteiger partial charge in [0.05, 0.1) is 0 Å². The molecule has 0 bridgehead atoms. The Morgan fingerprint density at radius 3 is 1.83 bits per heavy atom. The molecule has 3 nitrogen and oxygen atoms in total. The van der Waals surface area contributed by atoms with E-state index < -0.39 is 33.9 Å². The first-order chi connectivity index (χ1) is 8.10. The molecular weight excluding hydrogens is 279 g/mol. The van der Waals surface area contributed by atoms with E-state index in [0.717, 1.165) is 0 Å². The van der Waals surface area contributed by atoms with Gasteiger partial charge in [-0.15, -0.1) is 0 Å². The lowest BCUT2D eigenvalue weighted by Gasteiger charge is -2.28. The molecule has 9 heteroatoms. The summed E-state index contributed by atoms with van der Waals surface area (Å²) in [5, 5.41) is 0. The van der Waals surface area contributed by atoms with E-state index in [-0.39, 0.29) is 6.04 Å². The highest BCUT2D eigenvalue weighted by molar-refractivity contribution is 6.60. The molecule has 18 heavy (non-hydrogen) atoms. The molecule has 0 fully saturated rings. The molecule has 0 amide bonds. The molecule has 0 aromatic carbocycles. The summed E-state index contributed by atoms with van der Waals surface area (Å²) in [5.41, 5.74) is 0. The predicted molar refractivity (Wildman–Crippen MR) is 56.4 cm³/mol. The second-order valence-corrected chi connectivity index (χ2v) is 6.75. The Morgan fingerprint density at radius 2 is 1.50 bits per heavy atom. The molecule has 110 valence electrons. The fraction of sp³-hybridized carbons (Fsp3) is 1.00. The van der Waals surface area contributed by atoms with Crippen LogP contribution in [0, 0.1) is 0 Å². The molecule has 0 radical (unpaired) electrons. The van der Waals surface area contributed by atoms with E-state index in [0.29, 0.717) is 6.42 Å². The van der Waals surface area contributed by atoms with Gasteiger partial charge in [0.15, 0.2) is 0 Å². The van der Waals surface area contributed by atoms with Crippen LogP contribution in [0.25, 0.3) is 0 Å². The number of rotatable bonds is 8. The summed E-state index contributed by atoms with van der Waals surface area (Å²) < 4.78 is 76.4. The maximum absolute atomic E-state index is 13.0. The monoisotopic (exact) mass is 296 g/mol. The van der Waals surface area contributed by atoms with Gasteiger partial charge in [-0.05, 0) is 0 Å². The largest absolute Gasteiger partial charge is 0.500 e. The van der Waals surface area contributed by atoms with Crippen molar-refractivity contribution in [2.24, 2.45) is 0 Å². The Bertz CT molecular complexity index is 243. The fourth-order valence-electron chi connectivity index (χ4n) is 1.34. The van der Waals surface area contributed by atoms with Crippen molar-refractivity contribution in [1.29, 1.82) is 0 Å². The molecular formula is C9H17F5O3Si. The standard InChI is InChI=1S/C9H17F5O3Si/c1-4-5-18(15-2,16-3)17-7-8(10,11)6-9(12,13)14/h4-7H2,1-3H3. The van der Waals surface area contributed by atoms with E-state index in [9.17, 15) is 22.0 Å². The molecule has 0 rings (SSSR count). The minimum absolute atomic E-state index is 0.266. The highest BCUT2D eigenvalue weighted by Crippen LogP contribution is 2.32. The van der Waals surface area contributed by atoms with Crippen molar-refractivity contribution in [3.8, 4) is 0 Å². The average Bonchev–Trinajstić information content (AvgIpc) is 2.21. The van der Waals surface area contributed by atoms with Crippen LogP contribution >= 0.6 is 0 Å². The zero-order chi connectivity index (χ0) is 14.4. The highest BCUT2D eigenvalue weighted by Gasteiger charge is 2.47. The van der Waals surface area contributed by atoms with Gasteiger partial charge in [-0.3, -0.25) is 0 Å². The van der Waals surface area contributed by atoms with Gasteiger partial charge in [0.25, 0.3) is 5.92 Å². The topological polar surface area (TPSA) is 27.7 Å². The first kappa shape index (κ1) is 17.7. The lowest BCUT2D eigenvalue weighted by Crippen LogP contribution is -2.47. The summed E-state index contributed by atoms with van der Waals surface area (Å²) in [6.07, 6.45) is -6.61. The molecule has 0 spiro atoms. The third-order valence-corrected chi connectivity index (χ3v) is 5.08. The number of hydrogen-bond acceptors (Lipinski definition) is 3. The SMILES string of the molecule is CCC[Si](OC)(OC)OCC(F)(F)CC(F)(F)F. The zero-order valence-electron chi connectivity index (χ0n) is 10.4. The first-order valence-corrected chi connectivity index (χ1v) is 7.22. The summed E-state index contributed by atoms with van der Waals surface area (Å²) in [4.78, 5) is 0. The summed E-state index contributed by atoms with van der Waals surface area (Å²) in [6, 6.07) is 0.266. The van der Waals surface area contributed by atoms with Crippen LogP contribution in [0.1, 0.15) is 19.8 Å². The minimum Gasteiger partial charge on any atom is -0.377 e. The normalized spacial score (nSPS) is 14.0. The van der Waals surface area contributed by atoms with Gasteiger partial charge in [-0.1, -0.05) is 13.3 Å². The molecule has 0 N–H and O–H groups in total. The summed E-state index contributed by atoms with van der Waals surface area (Å²) >= 11 is 0.